The summed E-state index contributed by atoms with van der Waals surface area (Å²) in [5, 5.41) is 0. The second kappa shape index (κ2) is 27.5. The SMILES string of the molecule is Cc1cc(OCc2ccccc2)c([C@@H]2O[C@H](COCc3ccccc3)[C@@H](OCc3ccccc3)[C@H](OCc3ccccc3)[C@H]2OCc2ccccc2)cc1Cc1ccc(CCN)cc1.O=S(=O)(O)c1ccccc1. The third-order valence-electron chi connectivity index (χ3n) is 12.8. The van der Waals surface area contributed by atoms with Crippen molar-refractivity contribution in [3.05, 3.63) is 274 Å². The number of aryl methyl sites for hydroxylation is 1. The molecule has 1 aliphatic heterocycles. The van der Waals surface area contributed by atoms with Gasteiger partial charge in [-0.2, -0.15) is 8.42 Å². The molecule has 11 heteroatoms. The Morgan fingerprint density at radius 1 is 0.500 bits per heavy atom. The van der Waals surface area contributed by atoms with Gasteiger partial charge in [0.1, 0.15) is 42.9 Å². The first-order valence-electron chi connectivity index (χ1n) is 25.0. The molecule has 74 heavy (non-hydrogen) atoms. The van der Waals surface area contributed by atoms with Gasteiger partial charge in [0.15, 0.2) is 0 Å². The maximum absolute atomic E-state index is 10.4. The number of rotatable bonds is 22. The summed E-state index contributed by atoms with van der Waals surface area (Å²) in [5.41, 5.74) is 16.8. The van der Waals surface area contributed by atoms with Crippen LogP contribution >= 0.6 is 0 Å². The first-order chi connectivity index (χ1) is 36.2. The second-order valence-corrected chi connectivity index (χ2v) is 19.7. The van der Waals surface area contributed by atoms with E-state index in [4.69, 9.17) is 38.7 Å². The molecule has 0 aromatic heterocycles. The maximum Gasteiger partial charge on any atom is 0.294 e. The molecule has 3 N–H and O–H groups in total. The van der Waals surface area contributed by atoms with Crippen LogP contribution < -0.4 is 10.5 Å². The van der Waals surface area contributed by atoms with Gasteiger partial charge in [-0.1, -0.05) is 194 Å². The zero-order valence-corrected chi connectivity index (χ0v) is 42.6. The Bertz CT molecular complexity index is 2990. The summed E-state index contributed by atoms with van der Waals surface area (Å²) in [7, 11) is -4.00. The van der Waals surface area contributed by atoms with Crippen molar-refractivity contribution in [2.75, 3.05) is 13.2 Å². The van der Waals surface area contributed by atoms with E-state index in [0.29, 0.717) is 39.6 Å². The second-order valence-electron chi connectivity index (χ2n) is 18.3. The minimum absolute atomic E-state index is 0.0741. The summed E-state index contributed by atoms with van der Waals surface area (Å²) < 4.78 is 71.3. The third-order valence-corrected chi connectivity index (χ3v) is 13.7. The van der Waals surface area contributed by atoms with Crippen molar-refractivity contribution in [3.8, 4) is 5.75 Å². The van der Waals surface area contributed by atoms with Gasteiger partial charge >= 0.3 is 0 Å². The molecule has 0 radical (unpaired) electrons. The Morgan fingerprint density at radius 3 is 1.41 bits per heavy atom. The van der Waals surface area contributed by atoms with E-state index in [2.05, 4.69) is 104 Å². The Morgan fingerprint density at radius 2 is 0.932 bits per heavy atom. The van der Waals surface area contributed by atoms with Gasteiger partial charge in [0.2, 0.25) is 0 Å². The highest BCUT2D eigenvalue weighted by atomic mass is 32.2. The number of nitrogens with two attached hydrogens (primary N) is 1. The zero-order chi connectivity index (χ0) is 51.4. The van der Waals surface area contributed by atoms with Gasteiger partial charge in [0.25, 0.3) is 10.1 Å². The summed E-state index contributed by atoms with van der Waals surface area (Å²) in [6.45, 7) is 4.89. The molecule has 5 atom stereocenters. The van der Waals surface area contributed by atoms with E-state index in [0.717, 1.165) is 57.5 Å². The molecule has 1 aliphatic rings. The molecular weight excluding hydrogens is 947 g/mol. The average molecular weight is 1010 g/mol. The van der Waals surface area contributed by atoms with Crippen molar-refractivity contribution in [2.45, 2.75) is 88.2 Å². The maximum atomic E-state index is 10.4. The molecule has 9 rings (SSSR count). The molecule has 1 saturated heterocycles. The highest BCUT2D eigenvalue weighted by Gasteiger charge is 2.50. The minimum atomic E-state index is -4.00. The molecule has 0 bridgehead atoms. The van der Waals surface area contributed by atoms with E-state index >= 15 is 0 Å². The number of hydrogen-bond donors (Lipinski definition) is 2. The lowest BCUT2D eigenvalue weighted by Crippen LogP contribution is -2.58. The summed E-state index contributed by atoms with van der Waals surface area (Å²) in [6.07, 6.45) is -1.38. The first-order valence-corrected chi connectivity index (χ1v) is 26.5. The quantitative estimate of drug-likeness (QED) is 0.0632. The number of benzene rings is 8. The highest BCUT2D eigenvalue weighted by molar-refractivity contribution is 7.85. The minimum Gasteiger partial charge on any atom is -0.489 e. The van der Waals surface area contributed by atoms with Crippen LogP contribution in [0.25, 0.3) is 0 Å². The smallest absolute Gasteiger partial charge is 0.294 e. The van der Waals surface area contributed by atoms with Gasteiger partial charge in [-0.05, 0) is 101 Å². The summed E-state index contributed by atoms with van der Waals surface area (Å²) in [4.78, 5) is -0.0741. The summed E-state index contributed by atoms with van der Waals surface area (Å²) in [5.74, 6) is 0.733. The van der Waals surface area contributed by atoms with E-state index in [1.54, 1.807) is 18.2 Å². The van der Waals surface area contributed by atoms with Crippen molar-refractivity contribution in [3.63, 3.8) is 0 Å². The fourth-order valence-corrected chi connectivity index (χ4v) is 9.36. The molecule has 0 aliphatic carbocycles. The van der Waals surface area contributed by atoms with Crippen LogP contribution in [0.2, 0.25) is 0 Å². The molecule has 8 aromatic rings. The lowest BCUT2D eigenvalue weighted by molar-refractivity contribution is -0.275. The topological polar surface area (TPSA) is 136 Å². The fraction of sp³-hybridized carbons (Fsp3) is 0.238. The van der Waals surface area contributed by atoms with Crippen LogP contribution in [0.5, 0.6) is 5.75 Å². The molecular formula is C63H65NO9S. The van der Waals surface area contributed by atoms with Crippen LogP contribution in [0, 0.1) is 6.92 Å². The lowest BCUT2D eigenvalue weighted by Gasteiger charge is -2.46. The van der Waals surface area contributed by atoms with E-state index in [9.17, 15) is 8.42 Å². The molecule has 0 amide bonds. The van der Waals surface area contributed by atoms with E-state index in [1.807, 2.05) is 91.0 Å². The van der Waals surface area contributed by atoms with E-state index < -0.39 is 40.6 Å². The standard InChI is InChI=1S/C57H59NO6.C6H6O3S/c1-42-33-52(60-37-46-19-9-3-10-20-46)51(35-50(42)34-44-29-27-43(28-30-44)31-32-58)54-56(62-39-48-23-13-5-14-24-48)57(63-40-49-25-15-6-16-26-49)55(61-38-47-21-11-4-12-22-47)53(64-54)41-59-36-45-17-7-2-8-18-45;7-10(8,9)6-4-2-1-3-5-6/h2-30,33,35,53-57H,31-32,34,36-41,58H2,1H3;1-5H,(H,7,8,9)/t53-,54+,55-,56+,57+;/m1./s1. The van der Waals surface area contributed by atoms with Gasteiger partial charge in [0, 0.05) is 5.56 Å². The van der Waals surface area contributed by atoms with Crippen LogP contribution in [-0.2, 0) is 79.7 Å². The first kappa shape index (κ1) is 53.5. The summed E-state index contributed by atoms with van der Waals surface area (Å²) >= 11 is 0. The van der Waals surface area contributed by atoms with Gasteiger partial charge in [0.05, 0.1) is 37.9 Å². The molecule has 0 spiro atoms. The van der Waals surface area contributed by atoms with Crippen LogP contribution in [0.4, 0.5) is 0 Å². The normalized spacial score (nSPS) is 17.5. The molecule has 1 heterocycles. The third kappa shape index (κ3) is 15.9. The van der Waals surface area contributed by atoms with Crippen molar-refractivity contribution in [2.24, 2.45) is 5.73 Å². The van der Waals surface area contributed by atoms with Crippen molar-refractivity contribution in [1.82, 2.24) is 0 Å². The van der Waals surface area contributed by atoms with Gasteiger partial charge < -0.3 is 34.2 Å². The molecule has 1 fully saturated rings. The number of ether oxygens (including phenoxy) is 6. The zero-order valence-electron chi connectivity index (χ0n) is 41.7. The van der Waals surface area contributed by atoms with Crippen LogP contribution in [0.1, 0.15) is 61.7 Å². The Labute approximate surface area is 436 Å². The van der Waals surface area contributed by atoms with Crippen LogP contribution in [0.3, 0.4) is 0 Å². The van der Waals surface area contributed by atoms with Crippen molar-refractivity contribution in [1.29, 1.82) is 0 Å². The predicted octanol–water partition coefficient (Wildman–Crippen LogP) is 12.0. The molecule has 0 saturated carbocycles. The molecule has 10 nitrogen and oxygen atoms in total. The molecule has 382 valence electrons. The van der Waals surface area contributed by atoms with Crippen LogP contribution in [0.15, 0.2) is 223 Å². The number of hydrogen-bond acceptors (Lipinski definition) is 9. The van der Waals surface area contributed by atoms with Gasteiger partial charge in [-0.25, -0.2) is 0 Å². The monoisotopic (exact) mass is 1010 g/mol. The lowest BCUT2D eigenvalue weighted by atomic mass is 9.87. The van der Waals surface area contributed by atoms with E-state index in [-0.39, 0.29) is 11.5 Å². The van der Waals surface area contributed by atoms with Crippen molar-refractivity contribution >= 4 is 10.1 Å². The molecule has 8 aromatic carbocycles. The Kier molecular flexibility index (Phi) is 19.9. The molecule has 0 unspecified atom stereocenters. The highest BCUT2D eigenvalue weighted by Crippen LogP contribution is 2.43. The Balaban J connectivity index is 0.000000653. The fourth-order valence-electron chi connectivity index (χ4n) is 8.86. The Hall–Kier alpha value is -6.77. The largest absolute Gasteiger partial charge is 0.489 e. The van der Waals surface area contributed by atoms with Gasteiger partial charge in [-0.3, -0.25) is 4.55 Å². The van der Waals surface area contributed by atoms with Gasteiger partial charge in [-0.15, -0.1) is 0 Å². The predicted molar refractivity (Wildman–Crippen MR) is 289 cm³/mol. The van der Waals surface area contributed by atoms with Crippen molar-refractivity contribution < 1.29 is 41.4 Å². The summed E-state index contributed by atoms with van der Waals surface area (Å²) in [6, 6.07) is 71.8. The van der Waals surface area contributed by atoms with E-state index in [1.165, 1.54) is 28.8 Å². The average Bonchev–Trinajstić information content (AvgIpc) is 3.44. The van der Waals surface area contributed by atoms with Crippen LogP contribution in [-0.4, -0.2) is 50.5 Å².